The number of esters is 1. The third-order valence-corrected chi connectivity index (χ3v) is 3.30. The second-order valence-electron chi connectivity index (χ2n) is 4.83. The van der Waals surface area contributed by atoms with E-state index in [4.69, 9.17) is 9.47 Å². The molecule has 7 heteroatoms. The van der Waals surface area contributed by atoms with Crippen molar-refractivity contribution in [1.82, 2.24) is 9.13 Å². The third-order valence-electron chi connectivity index (χ3n) is 3.30. The van der Waals surface area contributed by atoms with Crippen molar-refractivity contribution in [1.29, 1.82) is 0 Å². The van der Waals surface area contributed by atoms with Gasteiger partial charge in [0.2, 0.25) is 0 Å². The van der Waals surface area contributed by atoms with Crippen molar-refractivity contribution in [3.05, 3.63) is 56.9 Å². The predicted molar refractivity (Wildman–Crippen MR) is 84.2 cm³/mol. The fourth-order valence-electron chi connectivity index (χ4n) is 2.21. The van der Waals surface area contributed by atoms with E-state index in [9.17, 15) is 14.4 Å². The molecule has 0 radical (unpaired) electrons. The lowest BCUT2D eigenvalue weighted by atomic mass is 10.3. The second-order valence-corrected chi connectivity index (χ2v) is 4.83. The van der Waals surface area contributed by atoms with Gasteiger partial charge in [0.15, 0.2) is 0 Å². The molecule has 0 N–H and O–H groups in total. The molecule has 0 aliphatic carbocycles. The summed E-state index contributed by atoms with van der Waals surface area (Å²) in [6, 6.07) is 8.13. The molecule has 1 aromatic carbocycles. The predicted octanol–water partition coefficient (Wildman–Crippen LogP) is 0.879. The largest absolute Gasteiger partial charge is 0.497 e. The summed E-state index contributed by atoms with van der Waals surface area (Å²) in [6.07, 6.45) is 0. The van der Waals surface area contributed by atoms with E-state index in [0.29, 0.717) is 17.1 Å². The summed E-state index contributed by atoms with van der Waals surface area (Å²) in [5, 5.41) is 0. The Morgan fingerprint density at radius 2 is 1.83 bits per heavy atom. The van der Waals surface area contributed by atoms with Gasteiger partial charge in [-0.05, 0) is 38.1 Å². The van der Waals surface area contributed by atoms with Crippen LogP contribution in [0.4, 0.5) is 0 Å². The summed E-state index contributed by atoms with van der Waals surface area (Å²) in [6.45, 7) is 3.08. The number of carbonyl (C=O) groups excluding carboxylic acids is 1. The van der Waals surface area contributed by atoms with E-state index in [2.05, 4.69) is 0 Å². The Morgan fingerprint density at radius 3 is 2.39 bits per heavy atom. The zero-order valence-corrected chi connectivity index (χ0v) is 13.2. The van der Waals surface area contributed by atoms with Crippen molar-refractivity contribution in [2.75, 3.05) is 13.7 Å². The summed E-state index contributed by atoms with van der Waals surface area (Å²) in [4.78, 5) is 36.2. The van der Waals surface area contributed by atoms with Gasteiger partial charge in [-0.1, -0.05) is 0 Å². The van der Waals surface area contributed by atoms with Gasteiger partial charge in [0.05, 0.1) is 19.4 Å². The van der Waals surface area contributed by atoms with E-state index < -0.39 is 23.8 Å². The van der Waals surface area contributed by atoms with Crippen molar-refractivity contribution in [3.8, 4) is 11.4 Å². The highest BCUT2D eigenvalue weighted by Crippen LogP contribution is 2.14. The van der Waals surface area contributed by atoms with Gasteiger partial charge in [-0.3, -0.25) is 14.2 Å². The minimum absolute atomic E-state index is 0.187. The van der Waals surface area contributed by atoms with Crippen LogP contribution in [0.5, 0.6) is 5.75 Å². The zero-order chi connectivity index (χ0) is 17.0. The lowest BCUT2D eigenvalue weighted by Gasteiger charge is -2.13. The number of carbonyl (C=O) groups is 1. The van der Waals surface area contributed by atoms with E-state index in [1.807, 2.05) is 0 Å². The van der Waals surface area contributed by atoms with Gasteiger partial charge in [-0.25, -0.2) is 9.36 Å². The number of hydrogen-bond acceptors (Lipinski definition) is 5. The first-order valence-corrected chi connectivity index (χ1v) is 7.11. The zero-order valence-electron chi connectivity index (χ0n) is 13.2. The van der Waals surface area contributed by atoms with E-state index in [1.165, 1.54) is 10.6 Å². The van der Waals surface area contributed by atoms with Gasteiger partial charge in [0.1, 0.15) is 12.3 Å². The molecule has 0 aliphatic heterocycles. The van der Waals surface area contributed by atoms with Crippen LogP contribution in [-0.4, -0.2) is 28.8 Å². The van der Waals surface area contributed by atoms with Crippen LogP contribution in [0.2, 0.25) is 0 Å². The standard InChI is InChI=1S/C16H18N2O5/c1-4-23-15(20)10-17-14(19)9-11(2)18(16(17)21)12-5-7-13(22-3)8-6-12/h5-9H,4,10H2,1-3H3. The van der Waals surface area contributed by atoms with Gasteiger partial charge in [0.25, 0.3) is 5.56 Å². The molecule has 0 saturated heterocycles. The Balaban J connectivity index is 2.53. The van der Waals surface area contributed by atoms with Crippen LogP contribution in [0, 0.1) is 6.92 Å². The number of ether oxygens (including phenoxy) is 2. The molecule has 2 rings (SSSR count). The maximum atomic E-state index is 12.6. The van der Waals surface area contributed by atoms with Crippen LogP contribution in [-0.2, 0) is 16.1 Å². The Morgan fingerprint density at radius 1 is 1.17 bits per heavy atom. The van der Waals surface area contributed by atoms with Gasteiger partial charge in [-0.15, -0.1) is 0 Å². The lowest BCUT2D eigenvalue weighted by molar-refractivity contribution is -0.143. The van der Waals surface area contributed by atoms with E-state index in [0.717, 1.165) is 4.57 Å². The summed E-state index contributed by atoms with van der Waals surface area (Å²) in [7, 11) is 1.55. The van der Waals surface area contributed by atoms with E-state index >= 15 is 0 Å². The molecule has 2 aromatic rings. The molecule has 23 heavy (non-hydrogen) atoms. The first-order valence-electron chi connectivity index (χ1n) is 7.11. The number of rotatable bonds is 5. The summed E-state index contributed by atoms with van der Waals surface area (Å²) >= 11 is 0. The van der Waals surface area contributed by atoms with E-state index in [-0.39, 0.29) is 6.61 Å². The normalized spacial score (nSPS) is 10.4. The first kappa shape index (κ1) is 16.5. The van der Waals surface area contributed by atoms with Crippen LogP contribution in [0.1, 0.15) is 12.6 Å². The van der Waals surface area contributed by atoms with Crippen molar-refractivity contribution < 1.29 is 14.3 Å². The molecule has 0 saturated carbocycles. The molecular weight excluding hydrogens is 300 g/mol. The van der Waals surface area contributed by atoms with Crippen LogP contribution in [0.15, 0.2) is 39.9 Å². The van der Waals surface area contributed by atoms with Crippen molar-refractivity contribution in [2.45, 2.75) is 20.4 Å². The molecule has 0 atom stereocenters. The summed E-state index contributed by atoms with van der Waals surface area (Å²) in [5.41, 5.74) is -0.0743. The maximum Gasteiger partial charge on any atom is 0.336 e. The van der Waals surface area contributed by atoms with Crippen LogP contribution in [0.3, 0.4) is 0 Å². The molecule has 0 spiro atoms. The molecule has 0 amide bonds. The third kappa shape index (κ3) is 3.50. The highest BCUT2D eigenvalue weighted by atomic mass is 16.5. The molecule has 0 aliphatic rings. The summed E-state index contributed by atoms with van der Waals surface area (Å²) in [5.74, 6) is 0.0242. The fourth-order valence-corrected chi connectivity index (χ4v) is 2.21. The van der Waals surface area contributed by atoms with Crippen LogP contribution in [0.25, 0.3) is 5.69 Å². The Hall–Kier alpha value is -2.83. The Labute approximate surface area is 132 Å². The number of hydrogen-bond donors (Lipinski definition) is 0. The second kappa shape index (κ2) is 6.95. The average Bonchev–Trinajstić information content (AvgIpc) is 2.52. The molecule has 0 fully saturated rings. The van der Waals surface area contributed by atoms with Crippen LogP contribution >= 0.6 is 0 Å². The lowest BCUT2D eigenvalue weighted by Crippen LogP contribution is -2.41. The maximum absolute atomic E-state index is 12.6. The minimum Gasteiger partial charge on any atom is -0.497 e. The van der Waals surface area contributed by atoms with E-state index in [1.54, 1.807) is 45.2 Å². The topological polar surface area (TPSA) is 79.5 Å². The van der Waals surface area contributed by atoms with Gasteiger partial charge in [-0.2, -0.15) is 0 Å². The number of methoxy groups -OCH3 is 1. The first-order chi connectivity index (χ1) is 11.0. The molecule has 0 unspecified atom stereocenters. The van der Waals surface area contributed by atoms with Crippen molar-refractivity contribution in [2.24, 2.45) is 0 Å². The number of aromatic nitrogens is 2. The van der Waals surface area contributed by atoms with Gasteiger partial charge in [0, 0.05) is 11.8 Å². The molecule has 1 aromatic heterocycles. The number of aryl methyl sites for hydroxylation is 1. The molecule has 1 heterocycles. The van der Waals surface area contributed by atoms with Gasteiger partial charge >= 0.3 is 11.7 Å². The number of benzene rings is 1. The summed E-state index contributed by atoms with van der Waals surface area (Å²) < 4.78 is 12.1. The smallest absolute Gasteiger partial charge is 0.336 e. The monoisotopic (exact) mass is 318 g/mol. The molecular formula is C16H18N2O5. The number of nitrogens with zero attached hydrogens (tertiary/aromatic N) is 2. The fraction of sp³-hybridized carbons (Fsp3) is 0.312. The average molecular weight is 318 g/mol. The highest BCUT2D eigenvalue weighted by molar-refractivity contribution is 5.69. The quantitative estimate of drug-likeness (QED) is 0.765. The highest BCUT2D eigenvalue weighted by Gasteiger charge is 2.14. The SMILES string of the molecule is CCOC(=O)Cn1c(=O)cc(C)n(-c2ccc(OC)cc2)c1=O. The minimum atomic E-state index is -0.628. The van der Waals surface area contributed by atoms with Crippen LogP contribution < -0.4 is 16.0 Å². The molecule has 7 nitrogen and oxygen atoms in total. The Kier molecular flexibility index (Phi) is 5.00. The molecule has 122 valence electrons. The van der Waals surface area contributed by atoms with Crippen molar-refractivity contribution >= 4 is 5.97 Å². The molecule has 0 bridgehead atoms. The van der Waals surface area contributed by atoms with Crippen molar-refractivity contribution in [3.63, 3.8) is 0 Å². The van der Waals surface area contributed by atoms with Gasteiger partial charge < -0.3 is 9.47 Å². The Bertz CT molecular complexity index is 818.